The summed E-state index contributed by atoms with van der Waals surface area (Å²) in [5.41, 5.74) is 7.82. The summed E-state index contributed by atoms with van der Waals surface area (Å²) in [4.78, 5) is 5.28. The lowest BCUT2D eigenvalue weighted by molar-refractivity contribution is 0.132. The molecule has 0 atom stereocenters. The van der Waals surface area contributed by atoms with Crippen LogP contribution >= 0.6 is 0 Å². The fraction of sp³-hybridized carbons (Fsp3) is 0.367. The van der Waals surface area contributed by atoms with Crippen molar-refractivity contribution >= 4 is 11.4 Å². The fourth-order valence-electron chi connectivity index (χ4n) is 5.12. The monoisotopic (exact) mass is 454 g/mol. The van der Waals surface area contributed by atoms with E-state index in [2.05, 4.69) is 87.6 Å². The summed E-state index contributed by atoms with van der Waals surface area (Å²) in [5.74, 6) is 1.74. The Morgan fingerprint density at radius 2 is 1.76 bits per heavy atom. The molecule has 2 heterocycles. The smallest absolute Gasteiger partial charge is 0.166 e. The molecule has 0 spiro atoms. The number of hydrogen-bond acceptors (Lipinski definition) is 4. The number of rotatable bonds is 6. The lowest BCUT2D eigenvalue weighted by Crippen LogP contribution is -2.30. The third kappa shape index (κ3) is 4.42. The number of fused-ring (bicyclic) bond motifs is 3. The molecule has 4 heteroatoms. The van der Waals surface area contributed by atoms with E-state index < -0.39 is 0 Å². The van der Waals surface area contributed by atoms with Crippen LogP contribution in [0.15, 0.2) is 65.7 Å². The lowest BCUT2D eigenvalue weighted by atomic mass is 9.81. The number of ether oxygens (including phenoxy) is 2. The first-order valence-corrected chi connectivity index (χ1v) is 12.2. The van der Waals surface area contributed by atoms with E-state index in [-0.39, 0.29) is 11.1 Å². The van der Waals surface area contributed by atoms with E-state index in [4.69, 9.17) is 14.5 Å². The van der Waals surface area contributed by atoms with Gasteiger partial charge < -0.3 is 14.8 Å². The molecule has 0 aromatic heterocycles. The van der Waals surface area contributed by atoms with Crippen molar-refractivity contribution < 1.29 is 9.47 Å². The van der Waals surface area contributed by atoms with E-state index in [0.717, 1.165) is 47.8 Å². The van der Waals surface area contributed by atoms with Crippen molar-refractivity contribution in [1.82, 2.24) is 0 Å². The maximum atomic E-state index is 6.40. The zero-order valence-electron chi connectivity index (χ0n) is 20.9. The minimum atomic E-state index is -0.263. The van der Waals surface area contributed by atoms with Gasteiger partial charge >= 0.3 is 0 Å². The number of nitrogens with zero attached hydrogens (tertiary/aromatic N) is 1. The van der Waals surface area contributed by atoms with E-state index in [1.54, 1.807) is 0 Å². The average molecular weight is 455 g/mol. The number of hydrogen-bond donors (Lipinski definition) is 1. The van der Waals surface area contributed by atoms with E-state index in [1.807, 2.05) is 13.0 Å². The Morgan fingerprint density at radius 1 is 0.971 bits per heavy atom. The van der Waals surface area contributed by atoms with Gasteiger partial charge in [0.2, 0.25) is 0 Å². The highest BCUT2D eigenvalue weighted by Gasteiger charge is 2.39. The quantitative estimate of drug-likeness (QED) is 0.457. The summed E-state index contributed by atoms with van der Waals surface area (Å²) in [6.45, 7) is 12.1. The first-order chi connectivity index (χ1) is 16.2. The van der Waals surface area contributed by atoms with Crippen LogP contribution in [0, 0.1) is 0 Å². The first kappa shape index (κ1) is 22.5. The van der Waals surface area contributed by atoms with E-state index in [1.165, 1.54) is 22.3 Å². The Labute approximate surface area is 203 Å². The van der Waals surface area contributed by atoms with Crippen LogP contribution in [-0.2, 0) is 19.4 Å². The third-order valence-electron chi connectivity index (χ3n) is 6.46. The Bertz CT molecular complexity index is 1240. The molecule has 0 aliphatic carbocycles. The van der Waals surface area contributed by atoms with Gasteiger partial charge in [-0.3, -0.25) is 4.99 Å². The Hall–Kier alpha value is -3.27. The molecule has 176 valence electrons. The largest absolute Gasteiger partial charge is 0.490 e. The fourth-order valence-corrected chi connectivity index (χ4v) is 5.12. The molecule has 2 aliphatic rings. The molecule has 0 unspecified atom stereocenters. The SMILES string of the molecule is CCOc1cc2c(c3c1OC(C)(C)C3)C(c1cccc(NCc3ccccc3)c1)=NC(C)(C)C2. The third-order valence-corrected chi connectivity index (χ3v) is 6.46. The van der Waals surface area contributed by atoms with Crippen molar-refractivity contribution in [2.24, 2.45) is 4.99 Å². The summed E-state index contributed by atoms with van der Waals surface area (Å²) < 4.78 is 12.4. The molecular weight excluding hydrogens is 420 g/mol. The van der Waals surface area contributed by atoms with Gasteiger partial charge in [0, 0.05) is 35.3 Å². The van der Waals surface area contributed by atoms with Crippen molar-refractivity contribution in [2.45, 2.75) is 65.1 Å². The molecule has 34 heavy (non-hydrogen) atoms. The average Bonchev–Trinajstić information content (AvgIpc) is 3.13. The van der Waals surface area contributed by atoms with Gasteiger partial charge in [0.1, 0.15) is 5.60 Å². The van der Waals surface area contributed by atoms with Crippen molar-refractivity contribution in [3.63, 3.8) is 0 Å². The molecule has 0 saturated carbocycles. The van der Waals surface area contributed by atoms with E-state index >= 15 is 0 Å². The van der Waals surface area contributed by atoms with Crippen LogP contribution < -0.4 is 14.8 Å². The molecule has 4 nitrogen and oxygen atoms in total. The van der Waals surface area contributed by atoms with Crippen LogP contribution in [0.1, 0.15) is 62.4 Å². The van der Waals surface area contributed by atoms with E-state index in [0.29, 0.717) is 6.61 Å². The van der Waals surface area contributed by atoms with Crippen molar-refractivity contribution in [3.05, 3.63) is 88.5 Å². The minimum Gasteiger partial charge on any atom is -0.490 e. The molecule has 3 aromatic carbocycles. The Balaban J connectivity index is 1.57. The Kier molecular flexibility index (Phi) is 5.63. The standard InChI is InChI=1S/C30H34N2O2/c1-6-33-25-16-22-17-29(2,3)32-27(26(22)24-18-30(4,5)34-28(24)25)21-13-10-14-23(15-21)31-19-20-11-8-7-9-12-20/h7-16,31H,6,17-19H2,1-5H3. The second-order valence-corrected chi connectivity index (χ2v) is 10.6. The molecular formula is C30H34N2O2. The highest BCUT2D eigenvalue weighted by atomic mass is 16.5. The van der Waals surface area contributed by atoms with Crippen molar-refractivity contribution in [2.75, 3.05) is 11.9 Å². The van der Waals surface area contributed by atoms with Crippen molar-refractivity contribution in [1.29, 1.82) is 0 Å². The van der Waals surface area contributed by atoms with Gasteiger partial charge in [0.25, 0.3) is 0 Å². The first-order valence-electron chi connectivity index (χ1n) is 12.2. The number of nitrogens with one attached hydrogen (secondary N) is 1. The summed E-state index contributed by atoms with van der Waals surface area (Å²) in [5, 5.41) is 3.58. The molecule has 5 rings (SSSR count). The predicted molar refractivity (Wildman–Crippen MR) is 140 cm³/mol. The summed E-state index contributed by atoms with van der Waals surface area (Å²) in [6, 6.07) is 21.3. The molecule has 0 saturated heterocycles. The van der Waals surface area contributed by atoms with Gasteiger partial charge in [-0.15, -0.1) is 0 Å². The van der Waals surface area contributed by atoms with Gasteiger partial charge in [-0.2, -0.15) is 0 Å². The topological polar surface area (TPSA) is 42.9 Å². The second-order valence-electron chi connectivity index (χ2n) is 10.6. The number of aliphatic imine (C=N–C) groups is 1. The van der Waals surface area contributed by atoms with Crippen LogP contribution in [-0.4, -0.2) is 23.5 Å². The highest BCUT2D eigenvalue weighted by Crippen LogP contribution is 2.48. The highest BCUT2D eigenvalue weighted by molar-refractivity contribution is 6.16. The second kappa shape index (κ2) is 8.50. The summed E-state index contributed by atoms with van der Waals surface area (Å²) in [6.07, 6.45) is 1.72. The number of benzene rings is 3. The molecule has 1 N–H and O–H groups in total. The van der Waals surface area contributed by atoms with Crippen LogP contribution in [0.5, 0.6) is 11.5 Å². The molecule has 0 bridgehead atoms. The molecule has 0 amide bonds. The van der Waals surface area contributed by atoms with Crippen LogP contribution in [0.4, 0.5) is 5.69 Å². The van der Waals surface area contributed by atoms with Crippen molar-refractivity contribution in [3.8, 4) is 11.5 Å². The van der Waals surface area contributed by atoms with Crippen LogP contribution in [0.25, 0.3) is 0 Å². The van der Waals surface area contributed by atoms with Gasteiger partial charge in [-0.1, -0.05) is 42.5 Å². The molecule has 0 radical (unpaired) electrons. The van der Waals surface area contributed by atoms with Crippen LogP contribution in [0.2, 0.25) is 0 Å². The zero-order valence-corrected chi connectivity index (χ0v) is 20.9. The maximum absolute atomic E-state index is 6.40. The van der Waals surface area contributed by atoms with E-state index in [9.17, 15) is 0 Å². The number of anilines is 1. The van der Waals surface area contributed by atoms with Gasteiger partial charge in [0.05, 0.1) is 17.9 Å². The molecule has 3 aromatic rings. The summed E-state index contributed by atoms with van der Waals surface area (Å²) in [7, 11) is 0. The van der Waals surface area contributed by atoms with Gasteiger partial charge in [-0.05, 0) is 70.4 Å². The predicted octanol–water partition coefficient (Wildman–Crippen LogP) is 6.58. The lowest BCUT2D eigenvalue weighted by Gasteiger charge is -2.31. The van der Waals surface area contributed by atoms with Crippen LogP contribution in [0.3, 0.4) is 0 Å². The minimum absolute atomic E-state index is 0.192. The maximum Gasteiger partial charge on any atom is 0.166 e. The molecule has 2 aliphatic heterocycles. The van der Waals surface area contributed by atoms with Gasteiger partial charge in [-0.25, -0.2) is 0 Å². The normalized spacial score (nSPS) is 17.3. The molecule has 0 fully saturated rings. The zero-order chi connectivity index (χ0) is 23.9. The van der Waals surface area contributed by atoms with Gasteiger partial charge in [0.15, 0.2) is 11.5 Å². The Morgan fingerprint density at radius 3 is 2.53 bits per heavy atom. The summed E-state index contributed by atoms with van der Waals surface area (Å²) >= 11 is 0.